The molecule has 0 heterocycles. The molecule has 3 atom stereocenters. The van der Waals surface area contributed by atoms with Gasteiger partial charge in [-0.15, -0.1) is 0 Å². The van der Waals surface area contributed by atoms with Crippen LogP contribution in [0.3, 0.4) is 0 Å². The fourth-order valence-corrected chi connectivity index (χ4v) is 9.02. The van der Waals surface area contributed by atoms with E-state index in [1.54, 1.807) is 0 Å². The van der Waals surface area contributed by atoms with Crippen LogP contribution in [-0.2, 0) is 14.3 Å². The maximum atomic E-state index is 13.2. The maximum Gasteiger partial charge on any atom is 0.306 e. The van der Waals surface area contributed by atoms with Crippen molar-refractivity contribution in [3.63, 3.8) is 0 Å². The molecule has 0 aromatic rings. The molecule has 0 saturated carbocycles. The van der Waals surface area contributed by atoms with Crippen molar-refractivity contribution >= 4 is 11.9 Å². The summed E-state index contributed by atoms with van der Waals surface area (Å²) in [5.41, 5.74) is 0. The lowest BCUT2D eigenvalue weighted by Crippen LogP contribution is -2.46. The molecule has 63 heavy (non-hydrogen) atoms. The Kier molecular flexibility index (Phi) is 50.4. The summed E-state index contributed by atoms with van der Waals surface area (Å²) in [5.74, 6) is -0.461. The molecular formula is C57H111NO5. The lowest BCUT2D eigenvalue weighted by atomic mass is 10.0. The average Bonchev–Trinajstić information content (AvgIpc) is 3.28. The highest BCUT2D eigenvalue weighted by Crippen LogP contribution is 2.19. The van der Waals surface area contributed by atoms with Crippen LogP contribution >= 0.6 is 0 Å². The Balaban J connectivity index is 4.51. The number of rotatable bonds is 52. The van der Waals surface area contributed by atoms with Crippen LogP contribution in [0.4, 0.5) is 0 Å². The van der Waals surface area contributed by atoms with E-state index in [1.807, 2.05) is 0 Å². The minimum atomic E-state index is -0.785. The van der Waals surface area contributed by atoms with E-state index in [0.717, 1.165) is 57.8 Å². The number of nitrogens with one attached hydrogen (secondary N) is 1. The first-order chi connectivity index (χ1) is 31.0. The first kappa shape index (κ1) is 61.6. The number of allylic oxidation sites excluding steroid dienone is 2. The Morgan fingerprint density at radius 3 is 1.13 bits per heavy atom. The number of aliphatic hydroxyl groups is 2. The maximum absolute atomic E-state index is 13.2. The summed E-state index contributed by atoms with van der Waals surface area (Å²) in [6.45, 7) is 6.52. The summed E-state index contributed by atoms with van der Waals surface area (Å²) in [6, 6.07) is -0.698. The van der Waals surface area contributed by atoms with Gasteiger partial charge in [-0.2, -0.15) is 0 Å². The zero-order valence-electron chi connectivity index (χ0n) is 42.7. The van der Waals surface area contributed by atoms with E-state index in [2.05, 4.69) is 38.2 Å². The number of ether oxygens (including phenoxy) is 1. The van der Waals surface area contributed by atoms with Crippen LogP contribution in [0, 0.1) is 0 Å². The lowest BCUT2D eigenvalue weighted by molar-refractivity contribution is -0.151. The van der Waals surface area contributed by atoms with Crippen LogP contribution in [0.15, 0.2) is 12.2 Å². The van der Waals surface area contributed by atoms with Gasteiger partial charge in [0, 0.05) is 6.42 Å². The van der Waals surface area contributed by atoms with Crippen molar-refractivity contribution in [3.8, 4) is 0 Å². The van der Waals surface area contributed by atoms with E-state index in [9.17, 15) is 19.8 Å². The lowest BCUT2D eigenvalue weighted by Gasteiger charge is -2.24. The van der Waals surface area contributed by atoms with Gasteiger partial charge in [-0.1, -0.05) is 264 Å². The molecule has 0 spiro atoms. The second-order valence-corrected chi connectivity index (χ2v) is 19.7. The van der Waals surface area contributed by atoms with E-state index in [1.165, 1.54) is 212 Å². The number of carbonyl (C=O) groups excluding carboxylic acids is 2. The zero-order valence-corrected chi connectivity index (χ0v) is 42.7. The fourth-order valence-electron chi connectivity index (χ4n) is 9.02. The number of amides is 1. The van der Waals surface area contributed by atoms with Crippen molar-refractivity contribution in [3.05, 3.63) is 12.2 Å². The molecule has 0 aliphatic heterocycles. The zero-order chi connectivity index (χ0) is 45.9. The number of hydrogen-bond acceptors (Lipinski definition) is 5. The molecule has 0 aliphatic carbocycles. The molecule has 3 unspecified atom stereocenters. The smallest absolute Gasteiger partial charge is 0.306 e. The molecule has 3 N–H and O–H groups in total. The summed E-state index contributed by atoms with van der Waals surface area (Å²) in [7, 11) is 0. The Morgan fingerprint density at radius 1 is 0.444 bits per heavy atom. The van der Waals surface area contributed by atoms with Crippen molar-refractivity contribution in [2.45, 2.75) is 334 Å². The van der Waals surface area contributed by atoms with Gasteiger partial charge in [0.2, 0.25) is 5.91 Å². The first-order valence-electron chi connectivity index (χ1n) is 28.4. The second kappa shape index (κ2) is 51.6. The summed E-state index contributed by atoms with van der Waals surface area (Å²) in [6.07, 6.45) is 58.4. The van der Waals surface area contributed by atoms with E-state index >= 15 is 0 Å². The molecule has 1 amide bonds. The van der Waals surface area contributed by atoms with Gasteiger partial charge in [-0.05, 0) is 51.4 Å². The quantitative estimate of drug-likeness (QED) is 0.0321. The van der Waals surface area contributed by atoms with Crippen molar-refractivity contribution < 1.29 is 24.5 Å². The Bertz CT molecular complexity index is 955. The van der Waals surface area contributed by atoms with Crippen LogP contribution in [0.2, 0.25) is 0 Å². The predicted molar refractivity (Wildman–Crippen MR) is 273 cm³/mol. The molecule has 374 valence electrons. The molecular weight excluding hydrogens is 779 g/mol. The number of hydrogen-bond donors (Lipinski definition) is 3. The number of aliphatic hydroxyl groups excluding tert-OH is 2. The third kappa shape index (κ3) is 46.9. The van der Waals surface area contributed by atoms with Gasteiger partial charge >= 0.3 is 5.97 Å². The van der Waals surface area contributed by atoms with E-state index in [4.69, 9.17) is 4.74 Å². The predicted octanol–water partition coefficient (Wildman–Crippen LogP) is 17.3. The van der Waals surface area contributed by atoms with Gasteiger partial charge in [0.05, 0.1) is 25.2 Å². The highest BCUT2D eigenvalue weighted by Gasteiger charge is 2.24. The first-order valence-corrected chi connectivity index (χ1v) is 28.4. The minimum Gasteiger partial charge on any atom is -0.462 e. The average molecular weight is 891 g/mol. The summed E-state index contributed by atoms with van der Waals surface area (Å²) >= 11 is 0. The van der Waals surface area contributed by atoms with Crippen molar-refractivity contribution in [2.75, 3.05) is 6.61 Å². The SMILES string of the molecule is CCCCCCCC/C=C/CCCCCCCC(CC(=O)NC(CO)C(O)CCCCCCCCCCCCCCCCCC)OC(=O)CCCCCCCCCCCCCCC. The van der Waals surface area contributed by atoms with E-state index in [-0.39, 0.29) is 24.9 Å². The number of esters is 1. The molecule has 0 aromatic heterocycles. The highest BCUT2D eigenvalue weighted by molar-refractivity contribution is 5.77. The van der Waals surface area contributed by atoms with Gasteiger partial charge in [0.1, 0.15) is 6.10 Å². The van der Waals surface area contributed by atoms with Crippen molar-refractivity contribution in [1.29, 1.82) is 0 Å². The monoisotopic (exact) mass is 890 g/mol. The van der Waals surface area contributed by atoms with E-state index < -0.39 is 18.2 Å². The largest absolute Gasteiger partial charge is 0.462 e. The molecule has 0 bridgehead atoms. The van der Waals surface area contributed by atoms with E-state index in [0.29, 0.717) is 19.3 Å². The molecule has 0 aromatic carbocycles. The Morgan fingerprint density at radius 2 is 0.762 bits per heavy atom. The molecule has 0 radical (unpaired) electrons. The van der Waals surface area contributed by atoms with Gasteiger partial charge in [-0.3, -0.25) is 9.59 Å². The van der Waals surface area contributed by atoms with Crippen LogP contribution in [-0.4, -0.2) is 46.9 Å². The topological polar surface area (TPSA) is 95.9 Å². The summed E-state index contributed by atoms with van der Waals surface area (Å²) in [4.78, 5) is 26.2. The van der Waals surface area contributed by atoms with Gasteiger partial charge in [-0.25, -0.2) is 0 Å². The summed E-state index contributed by atoms with van der Waals surface area (Å²) < 4.78 is 5.95. The molecule has 0 rings (SSSR count). The van der Waals surface area contributed by atoms with Crippen molar-refractivity contribution in [2.24, 2.45) is 0 Å². The molecule has 0 aliphatic rings. The molecule has 6 heteroatoms. The van der Waals surface area contributed by atoms with Crippen LogP contribution in [0.5, 0.6) is 0 Å². The van der Waals surface area contributed by atoms with Crippen LogP contribution < -0.4 is 5.32 Å². The Labute approximate surface area is 393 Å². The normalized spacial score (nSPS) is 13.2. The van der Waals surface area contributed by atoms with Crippen LogP contribution in [0.1, 0.15) is 316 Å². The van der Waals surface area contributed by atoms with Crippen LogP contribution in [0.25, 0.3) is 0 Å². The summed E-state index contributed by atoms with van der Waals surface area (Å²) in [5, 5.41) is 23.9. The number of unbranched alkanes of at least 4 members (excludes halogenated alkanes) is 38. The number of carbonyl (C=O) groups is 2. The molecule has 6 nitrogen and oxygen atoms in total. The van der Waals surface area contributed by atoms with Gasteiger partial charge in [0.25, 0.3) is 0 Å². The Hall–Kier alpha value is -1.40. The fraction of sp³-hybridized carbons (Fsp3) is 0.930. The third-order valence-electron chi connectivity index (χ3n) is 13.3. The molecule has 0 fully saturated rings. The standard InChI is InChI=1S/C57H111NO5/c1-4-7-10-13-16-19-22-25-27-29-32-34-37-40-43-46-49-55(60)54(52-59)58-56(61)51-53(48-45-42-39-36-33-31-28-26-23-20-17-14-11-8-5-2)63-57(62)50-47-44-41-38-35-30-24-21-18-15-12-9-6-3/h26,28,53-55,59-60H,4-25,27,29-52H2,1-3H3,(H,58,61)/b28-26+. The molecule has 0 saturated heterocycles. The minimum absolute atomic E-state index is 0.0794. The second-order valence-electron chi connectivity index (χ2n) is 19.7. The highest BCUT2D eigenvalue weighted by atomic mass is 16.5. The van der Waals surface area contributed by atoms with Gasteiger partial charge in [0.15, 0.2) is 0 Å². The third-order valence-corrected chi connectivity index (χ3v) is 13.3. The van der Waals surface area contributed by atoms with Crippen molar-refractivity contribution in [1.82, 2.24) is 5.32 Å². The van der Waals surface area contributed by atoms with Gasteiger partial charge < -0.3 is 20.3 Å².